The lowest BCUT2D eigenvalue weighted by Crippen LogP contribution is -2.01. The van der Waals surface area contributed by atoms with Crippen molar-refractivity contribution in [3.05, 3.63) is 33.9 Å². The zero-order valence-corrected chi connectivity index (χ0v) is 9.33. The van der Waals surface area contributed by atoms with E-state index in [9.17, 15) is 0 Å². The third-order valence-corrected chi connectivity index (χ3v) is 2.59. The van der Waals surface area contributed by atoms with E-state index in [4.69, 9.17) is 15.8 Å². The monoisotopic (exact) mass is 209 g/mol. The molecule has 0 fully saturated rings. The molecule has 0 N–H and O–H groups in total. The average Bonchev–Trinajstić information content (AvgIpc) is 2.35. The Morgan fingerprint density at radius 3 is 1.44 bits per heavy atom. The number of hydrogen-bond donors (Lipinski definition) is 0. The summed E-state index contributed by atoms with van der Waals surface area (Å²) in [6.45, 7) is 3.87. The molecule has 78 valence electrons. The standard InChI is InChI=1S/C13H11N3/c1-3-9-5-10(4-2)12(7-15)13(8-16)11(9)6-14/h5H,3-4H2,1-2H3. The second-order valence-corrected chi connectivity index (χ2v) is 3.36. The summed E-state index contributed by atoms with van der Waals surface area (Å²) in [6.07, 6.45) is 1.38. The van der Waals surface area contributed by atoms with Gasteiger partial charge in [-0.2, -0.15) is 15.8 Å². The van der Waals surface area contributed by atoms with E-state index >= 15 is 0 Å². The van der Waals surface area contributed by atoms with Crippen molar-refractivity contribution < 1.29 is 0 Å². The Bertz CT molecular complexity index is 496. The van der Waals surface area contributed by atoms with E-state index in [1.807, 2.05) is 38.1 Å². The number of rotatable bonds is 2. The summed E-state index contributed by atoms with van der Waals surface area (Å²) in [5, 5.41) is 27.1. The van der Waals surface area contributed by atoms with Gasteiger partial charge in [0.15, 0.2) is 0 Å². The quantitative estimate of drug-likeness (QED) is 0.750. The largest absolute Gasteiger partial charge is 0.192 e. The van der Waals surface area contributed by atoms with Crippen molar-refractivity contribution >= 4 is 0 Å². The van der Waals surface area contributed by atoms with Crippen molar-refractivity contribution in [1.29, 1.82) is 15.8 Å². The normalized spacial score (nSPS) is 8.94. The second kappa shape index (κ2) is 4.96. The molecular formula is C13H11N3. The summed E-state index contributed by atoms with van der Waals surface area (Å²) in [5.74, 6) is 0. The number of nitriles is 3. The van der Waals surface area contributed by atoms with Crippen LogP contribution in [0.5, 0.6) is 0 Å². The Labute approximate surface area is 95.2 Å². The molecule has 0 spiro atoms. The van der Waals surface area contributed by atoms with E-state index in [-0.39, 0.29) is 5.56 Å². The first-order chi connectivity index (χ1) is 7.73. The first-order valence-corrected chi connectivity index (χ1v) is 5.12. The Hall–Kier alpha value is -2.31. The summed E-state index contributed by atoms with van der Waals surface area (Å²) in [7, 11) is 0. The predicted molar refractivity (Wildman–Crippen MR) is 59.3 cm³/mol. The van der Waals surface area contributed by atoms with Crippen LogP contribution >= 0.6 is 0 Å². The highest BCUT2D eigenvalue weighted by Crippen LogP contribution is 2.23. The van der Waals surface area contributed by atoms with Crippen LogP contribution < -0.4 is 0 Å². The molecule has 0 aromatic heterocycles. The molecule has 0 bridgehead atoms. The van der Waals surface area contributed by atoms with Gasteiger partial charge < -0.3 is 0 Å². The van der Waals surface area contributed by atoms with Crippen LogP contribution in [-0.4, -0.2) is 0 Å². The lowest BCUT2D eigenvalue weighted by Gasteiger charge is -2.09. The van der Waals surface area contributed by atoms with E-state index in [2.05, 4.69) is 0 Å². The predicted octanol–water partition coefficient (Wildman–Crippen LogP) is 2.43. The van der Waals surface area contributed by atoms with Gasteiger partial charge in [0.05, 0.1) is 16.7 Å². The minimum Gasteiger partial charge on any atom is -0.192 e. The van der Waals surface area contributed by atoms with Gasteiger partial charge in [-0.25, -0.2) is 0 Å². The Balaban J connectivity index is 3.73. The Morgan fingerprint density at radius 2 is 1.19 bits per heavy atom. The molecule has 1 aromatic rings. The number of hydrogen-bond acceptors (Lipinski definition) is 3. The van der Waals surface area contributed by atoms with Gasteiger partial charge in [0.1, 0.15) is 18.2 Å². The van der Waals surface area contributed by atoms with Crippen LogP contribution in [0.15, 0.2) is 6.07 Å². The van der Waals surface area contributed by atoms with Crippen molar-refractivity contribution in [3.8, 4) is 18.2 Å². The van der Waals surface area contributed by atoms with E-state index in [1.54, 1.807) is 0 Å². The molecule has 0 radical (unpaired) electrons. The summed E-state index contributed by atoms with van der Waals surface area (Å²) < 4.78 is 0. The maximum Gasteiger partial charge on any atom is 0.102 e. The van der Waals surface area contributed by atoms with Crippen molar-refractivity contribution in [2.45, 2.75) is 26.7 Å². The van der Waals surface area contributed by atoms with E-state index in [0.717, 1.165) is 11.1 Å². The first kappa shape index (κ1) is 11.8. The fraction of sp³-hybridized carbons (Fsp3) is 0.308. The van der Waals surface area contributed by atoms with Gasteiger partial charge in [-0.3, -0.25) is 0 Å². The van der Waals surface area contributed by atoms with Gasteiger partial charge in [0.2, 0.25) is 0 Å². The van der Waals surface area contributed by atoms with E-state index < -0.39 is 0 Å². The van der Waals surface area contributed by atoms with Gasteiger partial charge in [-0.1, -0.05) is 19.9 Å². The highest BCUT2D eigenvalue weighted by molar-refractivity contribution is 5.61. The lowest BCUT2D eigenvalue weighted by atomic mass is 9.91. The van der Waals surface area contributed by atoms with Gasteiger partial charge in [-0.15, -0.1) is 0 Å². The molecule has 0 saturated heterocycles. The molecule has 0 aliphatic carbocycles. The fourth-order valence-electron chi connectivity index (χ4n) is 1.73. The number of aryl methyl sites for hydroxylation is 2. The van der Waals surface area contributed by atoms with E-state index in [1.165, 1.54) is 0 Å². The number of nitrogens with zero attached hydrogens (tertiary/aromatic N) is 3. The zero-order valence-electron chi connectivity index (χ0n) is 9.33. The highest BCUT2D eigenvalue weighted by Gasteiger charge is 2.15. The molecule has 16 heavy (non-hydrogen) atoms. The third kappa shape index (κ3) is 1.74. The molecule has 0 aliphatic rings. The highest BCUT2D eigenvalue weighted by atomic mass is 14.3. The third-order valence-electron chi connectivity index (χ3n) is 2.59. The van der Waals surface area contributed by atoms with Crippen LogP contribution in [0.2, 0.25) is 0 Å². The SMILES string of the molecule is CCc1cc(CC)c(C#N)c(C#N)c1C#N. The van der Waals surface area contributed by atoms with Gasteiger partial charge >= 0.3 is 0 Å². The van der Waals surface area contributed by atoms with Gasteiger partial charge in [0, 0.05) is 0 Å². The minimum atomic E-state index is 0.223. The summed E-state index contributed by atoms with van der Waals surface area (Å²) in [6, 6.07) is 7.87. The smallest absolute Gasteiger partial charge is 0.102 e. The Kier molecular flexibility index (Phi) is 3.65. The van der Waals surface area contributed by atoms with Crippen molar-refractivity contribution in [2.24, 2.45) is 0 Å². The zero-order chi connectivity index (χ0) is 12.1. The molecule has 3 heteroatoms. The van der Waals surface area contributed by atoms with Gasteiger partial charge in [-0.05, 0) is 24.0 Å². The van der Waals surface area contributed by atoms with Crippen LogP contribution in [0, 0.1) is 34.0 Å². The first-order valence-electron chi connectivity index (χ1n) is 5.12. The maximum absolute atomic E-state index is 9.05. The molecule has 0 aliphatic heterocycles. The van der Waals surface area contributed by atoms with Crippen LogP contribution in [0.3, 0.4) is 0 Å². The van der Waals surface area contributed by atoms with Crippen LogP contribution in [0.4, 0.5) is 0 Å². The van der Waals surface area contributed by atoms with Crippen molar-refractivity contribution in [3.63, 3.8) is 0 Å². The summed E-state index contributed by atoms with van der Waals surface area (Å²) in [4.78, 5) is 0. The summed E-state index contributed by atoms with van der Waals surface area (Å²) in [5.41, 5.74) is 2.60. The molecule has 0 atom stereocenters. The molecule has 0 amide bonds. The van der Waals surface area contributed by atoms with E-state index in [0.29, 0.717) is 24.0 Å². The fourth-order valence-corrected chi connectivity index (χ4v) is 1.73. The molecule has 1 aromatic carbocycles. The molecule has 1 rings (SSSR count). The average molecular weight is 209 g/mol. The molecular weight excluding hydrogens is 198 g/mol. The molecule has 0 unspecified atom stereocenters. The minimum absolute atomic E-state index is 0.223. The second-order valence-electron chi connectivity index (χ2n) is 3.36. The van der Waals surface area contributed by atoms with Crippen LogP contribution in [0.1, 0.15) is 41.7 Å². The maximum atomic E-state index is 9.05. The van der Waals surface area contributed by atoms with Gasteiger partial charge in [0.25, 0.3) is 0 Å². The molecule has 0 saturated carbocycles. The molecule has 0 heterocycles. The topological polar surface area (TPSA) is 71.4 Å². The van der Waals surface area contributed by atoms with Crippen LogP contribution in [0.25, 0.3) is 0 Å². The lowest BCUT2D eigenvalue weighted by molar-refractivity contribution is 1.06. The van der Waals surface area contributed by atoms with Crippen molar-refractivity contribution in [1.82, 2.24) is 0 Å². The summed E-state index contributed by atoms with van der Waals surface area (Å²) >= 11 is 0. The molecule has 3 nitrogen and oxygen atoms in total. The Morgan fingerprint density at radius 1 is 0.812 bits per heavy atom. The van der Waals surface area contributed by atoms with Crippen molar-refractivity contribution in [2.75, 3.05) is 0 Å². The number of benzene rings is 1. The van der Waals surface area contributed by atoms with Crippen LogP contribution in [-0.2, 0) is 12.8 Å².